The number of rotatable bonds is 2. The Morgan fingerprint density at radius 1 is 1.47 bits per heavy atom. The van der Waals surface area contributed by atoms with Gasteiger partial charge in [-0.15, -0.1) is 0 Å². The summed E-state index contributed by atoms with van der Waals surface area (Å²) in [5.74, 6) is 0. The van der Waals surface area contributed by atoms with E-state index in [1.54, 1.807) is 18.2 Å². The second kappa shape index (κ2) is 4.96. The maximum Gasteiger partial charge on any atom is 0.144 e. The van der Waals surface area contributed by atoms with E-state index in [2.05, 4.69) is 9.38 Å². The maximum atomic E-state index is 11.6. The van der Waals surface area contributed by atoms with Gasteiger partial charge in [0.25, 0.3) is 0 Å². The minimum atomic E-state index is -1.26. The zero-order valence-corrected chi connectivity index (χ0v) is 10.5. The van der Waals surface area contributed by atoms with Crippen molar-refractivity contribution in [2.75, 3.05) is 0 Å². The van der Waals surface area contributed by atoms with Gasteiger partial charge in [-0.2, -0.15) is 0 Å². The lowest BCUT2D eigenvalue weighted by molar-refractivity contribution is 0.562. The average molecular weight is 245 g/mol. The zero-order chi connectivity index (χ0) is 11.5. The molecule has 0 bridgehead atoms. The third-order valence-electron chi connectivity index (χ3n) is 1.54. The van der Waals surface area contributed by atoms with Gasteiger partial charge in [-0.25, -0.2) is 4.98 Å². The minimum Gasteiger partial charge on any atom is -0.591 e. The number of aromatic nitrogens is 1. The minimum absolute atomic E-state index is 0.352. The molecule has 3 nitrogen and oxygen atoms in total. The van der Waals surface area contributed by atoms with Crippen molar-refractivity contribution >= 4 is 29.2 Å². The molecule has 0 amide bonds. The Bertz CT molecular complexity index is 363. The van der Waals surface area contributed by atoms with Gasteiger partial charge in [0.05, 0.1) is 5.69 Å². The summed E-state index contributed by atoms with van der Waals surface area (Å²) in [6.45, 7) is 5.60. The lowest BCUT2D eigenvalue weighted by Gasteiger charge is -2.17. The first-order valence-corrected chi connectivity index (χ1v) is 5.97. The van der Waals surface area contributed by atoms with Crippen molar-refractivity contribution < 1.29 is 4.55 Å². The van der Waals surface area contributed by atoms with Crippen molar-refractivity contribution in [3.05, 3.63) is 29.0 Å². The van der Waals surface area contributed by atoms with Crippen molar-refractivity contribution in [2.45, 2.75) is 25.5 Å². The van der Waals surface area contributed by atoms with Crippen LogP contribution in [0.15, 0.2) is 22.6 Å². The van der Waals surface area contributed by atoms with Gasteiger partial charge in [0, 0.05) is 0 Å². The van der Waals surface area contributed by atoms with Gasteiger partial charge in [0.1, 0.15) is 27.5 Å². The molecule has 0 aliphatic rings. The van der Waals surface area contributed by atoms with E-state index in [4.69, 9.17) is 11.6 Å². The molecule has 0 aliphatic heterocycles. The van der Waals surface area contributed by atoms with Crippen LogP contribution in [-0.4, -0.2) is 20.5 Å². The van der Waals surface area contributed by atoms with Crippen LogP contribution in [-0.2, 0) is 11.4 Å². The smallest absolute Gasteiger partial charge is 0.144 e. The molecule has 0 saturated carbocycles. The van der Waals surface area contributed by atoms with E-state index in [0.717, 1.165) is 0 Å². The summed E-state index contributed by atoms with van der Waals surface area (Å²) in [6, 6.07) is 5.21. The highest BCUT2D eigenvalue weighted by Crippen LogP contribution is 2.16. The van der Waals surface area contributed by atoms with Crippen molar-refractivity contribution in [3.63, 3.8) is 0 Å². The van der Waals surface area contributed by atoms with E-state index < -0.39 is 11.4 Å². The van der Waals surface area contributed by atoms with Gasteiger partial charge >= 0.3 is 0 Å². The Kier molecular flexibility index (Phi) is 4.13. The van der Waals surface area contributed by atoms with Gasteiger partial charge < -0.3 is 4.55 Å². The van der Waals surface area contributed by atoms with E-state index in [9.17, 15) is 4.55 Å². The molecule has 15 heavy (non-hydrogen) atoms. The topological polar surface area (TPSA) is 48.3 Å². The lowest BCUT2D eigenvalue weighted by atomic mass is 10.3. The predicted molar refractivity (Wildman–Crippen MR) is 64.7 cm³/mol. The van der Waals surface area contributed by atoms with Gasteiger partial charge in [-0.3, -0.25) is 0 Å². The molecular weight excluding hydrogens is 232 g/mol. The van der Waals surface area contributed by atoms with Crippen LogP contribution in [0.4, 0.5) is 0 Å². The number of nitrogens with zero attached hydrogens (tertiary/aromatic N) is 2. The molecular formula is C10H13ClN2OS. The fourth-order valence-electron chi connectivity index (χ4n) is 0.756. The number of hydrogen-bond donors (Lipinski definition) is 0. The summed E-state index contributed by atoms with van der Waals surface area (Å²) in [5.41, 5.74) is 0.611. The summed E-state index contributed by atoms with van der Waals surface area (Å²) >= 11 is 4.44. The maximum absolute atomic E-state index is 11.6. The first kappa shape index (κ1) is 12.5. The Labute approximate surface area is 97.9 Å². The first-order valence-electron chi connectivity index (χ1n) is 4.48. The SMILES string of the molecule is CC(C)(C)[S+]([O-])/N=C/c1cccc(Cl)n1. The lowest BCUT2D eigenvalue weighted by Crippen LogP contribution is -2.25. The fraction of sp³-hybridized carbons (Fsp3) is 0.400. The molecule has 1 aromatic heterocycles. The van der Waals surface area contributed by atoms with E-state index in [1.807, 2.05) is 20.8 Å². The molecule has 0 spiro atoms. The van der Waals surface area contributed by atoms with Gasteiger partial charge in [-0.1, -0.05) is 22.1 Å². The molecule has 5 heteroatoms. The van der Waals surface area contributed by atoms with Crippen LogP contribution >= 0.6 is 11.6 Å². The highest BCUT2D eigenvalue weighted by Gasteiger charge is 2.25. The molecule has 0 saturated heterocycles. The van der Waals surface area contributed by atoms with Crippen molar-refractivity contribution in [3.8, 4) is 0 Å². The van der Waals surface area contributed by atoms with Crippen molar-refractivity contribution in [1.29, 1.82) is 0 Å². The van der Waals surface area contributed by atoms with Crippen molar-refractivity contribution in [2.24, 2.45) is 4.40 Å². The third-order valence-corrected chi connectivity index (χ3v) is 3.10. The number of pyridine rings is 1. The van der Waals surface area contributed by atoms with Crippen LogP contribution in [0.3, 0.4) is 0 Å². The highest BCUT2D eigenvalue weighted by molar-refractivity contribution is 7.91. The summed E-state index contributed by atoms with van der Waals surface area (Å²) in [6.07, 6.45) is 1.48. The molecule has 1 unspecified atom stereocenters. The Balaban J connectivity index is 2.74. The number of halogens is 1. The van der Waals surface area contributed by atoms with Crippen LogP contribution in [0.25, 0.3) is 0 Å². The molecule has 0 aromatic carbocycles. The molecule has 1 heterocycles. The average Bonchev–Trinajstić information content (AvgIpc) is 2.12. The molecule has 0 N–H and O–H groups in total. The summed E-state index contributed by atoms with van der Waals surface area (Å²) in [7, 11) is 0. The second-order valence-corrected chi connectivity index (χ2v) is 6.30. The normalized spacial score (nSPS) is 14.5. The molecule has 0 radical (unpaired) electrons. The van der Waals surface area contributed by atoms with E-state index >= 15 is 0 Å². The van der Waals surface area contributed by atoms with Gasteiger partial charge in [0.2, 0.25) is 0 Å². The summed E-state index contributed by atoms with van der Waals surface area (Å²) in [4.78, 5) is 4.01. The Morgan fingerprint density at radius 3 is 2.67 bits per heavy atom. The Morgan fingerprint density at radius 2 is 2.13 bits per heavy atom. The van der Waals surface area contributed by atoms with E-state index in [-0.39, 0.29) is 4.75 Å². The molecule has 82 valence electrons. The summed E-state index contributed by atoms with van der Waals surface area (Å²) in [5, 5.41) is 0.403. The molecule has 1 atom stereocenters. The van der Waals surface area contributed by atoms with Crippen LogP contribution in [0, 0.1) is 0 Å². The van der Waals surface area contributed by atoms with Crippen molar-refractivity contribution in [1.82, 2.24) is 4.98 Å². The van der Waals surface area contributed by atoms with Gasteiger partial charge in [-0.05, 0) is 32.9 Å². The quantitative estimate of drug-likeness (QED) is 0.456. The fourth-order valence-corrected chi connectivity index (χ4v) is 1.45. The van der Waals surface area contributed by atoms with Crippen LogP contribution in [0.5, 0.6) is 0 Å². The highest BCUT2D eigenvalue weighted by atomic mass is 35.5. The summed E-state index contributed by atoms with van der Waals surface area (Å²) < 4.78 is 15.2. The monoisotopic (exact) mass is 244 g/mol. The first-order chi connectivity index (χ1) is 6.89. The standard InChI is InChI=1S/C10H13ClN2OS/c1-10(2,3)15(14)12-7-8-5-4-6-9(11)13-8/h4-7H,1-3H3/b12-7+. The zero-order valence-electron chi connectivity index (χ0n) is 8.90. The second-order valence-electron chi connectivity index (χ2n) is 3.98. The van der Waals surface area contributed by atoms with E-state index in [1.165, 1.54) is 6.21 Å². The van der Waals surface area contributed by atoms with Crippen LogP contribution < -0.4 is 0 Å². The molecule has 0 aliphatic carbocycles. The van der Waals surface area contributed by atoms with Gasteiger partial charge in [0.15, 0.2) is 0 Å². The third kappa shape index (κ3) is 4.20. The predicted octanol–water partition coefficient (Wildman–Crippen LogP) is 2.62. The molecule has 1 rings (SSSR count). The van der Waals surface area contributed by atoms with E-state index in [0.29, 0.717) is 10.8 Å². The molecule has 1 aromatic rings. The molecule has 0 fully saturated rings. The Hall–Kier alpha value is -0.580. The van der Waals surface area contributed by atoms with Crippen LogP contribution in [0.1, 0.15) is 26.5 Å². The number of hydrogen-bond acceptors (Lipinski definition) is 3. The largest absolute Gasteiger partial charge is 0.591 e. The van der Waals surface area contributed by atoms with Crippen LogP contribution in [0.2, 0.25) is 5.15 Å².